The van der Waals surface area contributed by atoms with Gasteiger partial charge < -0.3 is 15.8 Å². The second kappa shape index (κ2) is 9.38. The Morgan fingerprint density at radius 1 is 0.957 bits per heavy atom. The maximum Gasteiger partial charge on any atom is 0.273 e. The van der Waals surface area contributed by atoms with Gasteiger partial charge >= 0.3 is 0 Å². The molecule has 0 heterocycles. The summed E-state index contributed by atoms with van der Waals surface area (Å²) in [7, 11) is 0. The van der Waals surface area contributed by atoms with Crippen molar-refractivity contribution in [3.8, 4) is 0 Å². The maximum absolute atomic E-state index is 12.0. The number of hydrogen-bond donors (Lipinski definition) is 3. The summed E-state index contributed by atoms with van der Waals surface area (Å²) in [6.07, 6.45) is 0.798. The van der Waals surface area contributed by atoms with Crippen molar-refractivity contribution in [1.82, 2.24) is 10.6 Å². The summed E-state index contributed by atoms with van der Waals surface area (Å²) in [5.41, 5.74) is 1.85. The summed E-state index contributed by atoms with van der Waals surface area (Å²) >= 11 is 0. The van der Waals surface area contributed by atoms with Gasteiger partial charge in [-0.1, -0.05) is 65.8 Å². The number of hydrogen-bond acceptors (Lipinski definition) is 4. The number of benzene rings is 2. The van der Waals surface area contributed by atoms with Crippen LogP contribution in [-0.2, 0) is 11.3 Å². The van der Waals surface area contributed by atoms with E-state index in [4.69, 9.17) is 5.21 Å². The topological polar surface area (TPSA) is 73.7 Å². The average molecular weight is 311 g/mol. The van der Waals surface area contributed by atoms with E-state index in [1.165, 1.54) is 5.56 Å². The normalized spacial score (nSPS) is 11.2. The van der Waals surface area contributed by atoms with Crippen LogP contribution in [0.2, 0.25) is 0 Å². The van der Waals surface area contributed by atoms with Crippen LogP contribution in [-0.4, -0.2) is 29.9 Å². The zero-order chi connectivity index (χ0) is 16.3. The number of rotatable bonds is 8. The molecular formula is C18H21N3O2. The van der Waals surface area contributed by atoms with Crippen molar-refractivity contribution in [2.45, 2.75) is 13.0 Å². The monoisotopic (exact) mass is 311 g/mol. The molecule has 0 atom stereocenters. The van der Waals surface area contributed by atoms with Crippen LogP contribution in [0.3, 0.4) is 0 Å². The Morgan fingerprint density at radius 3 is 2.26 bits per heavy atom. The van der Waals surface area contributed by atoms with Crippen LogP contribution in [0.25, 0.3) is 0 Å². The number of oxime groups is 1. The van der Waals surface area contributed by atoms with Gasteiger partial charge in [0.05, 0.1) is 0 Å². The highest BCUT2D eigenvalue weighted by Gasteiger charge is 2.13. The lowest BCUT2D eigenvalue weighted by Gasteiger charge is -2.08. The number of carbonyl (C=O) groups excluding carboxylic acids is 1. The molecule has 2 aromatic rings. The number of carbonyl (C=O) groups is 1. The van der Waals surface area contributed by atoms with Crippen molar-refractivity contribution >= 4 is 11.6 Å². The Hall–Kier alpha value is -2.66. The largest absolute Gasteiger partial charge is 0.410 e. The fraction of sp³-hybridized carbons (Fsp3) is 0.222. The second-order valence-corrected chi connectivity index (χ2v) is 5.09. The van der Waals surface area contributed by atoms with Crippen LogP contribution in [0, 0.1) is 0 Å². The van der Waals surface area contributed by atoms with Gasteiger partial charge in [0.25, 0.3) is 5.91 Å². The van der Waals surface area contributed by atoms with Crippen LogP contribution in [0.4, 0.5) is 0 Å². The zero-order valence-corrected chi connectivity index (χ0v) is 12.9. The van der Waals surface area contributed by atoms with Crippen LogP contribution >= 0.6 is 0 Å². The summed E-state index contributed by atoms with van der Waals surface area (Å²) in [5.74, 6) is -0.373. The lowest BCUT2D eigenvalue weighted by Crippen LogP contribution is -2.33. The molecule has 0 fully saturated rings. The molecule has 0 aliphatic heterocycles. The molecule has 0 aliphatic carbocycles. The molecule has 0 unspecified atom stereocenters. The van der Waals surface area contributed by atoms with Gasteiger partial charge in [-0.25, -0.2) is 0 Å². The Morgan fingerprint density at radius 2 is 1.61 bits per heavy atom. The van der Waals surface area contributed by atoms with E-state index in [0.717, 1.165) is 19.5 Å². The first-order valence-corrected chi connectivity index (χ1v) is 7.61. The molecule has 2 rings (SSSR count). The van der Waals surface area contributed by atoms with Gasteiger partial charge in [0.2, 0.25) is 0 Å². The van der Waals surface area contributed by atoms with Crippen LogP contribution in [0.15, 0.2) is 65.8 Å². The van der Waals surface area contributed by atoms with Gasteiger partial charge in [0, 0.05) is 18.7 Å². The molecule has 5 nitrogen and oxygen atoms in total. The molecule has 23 heavy (non-hydrogen) atoms. The molecule has 0 spiro atoms. The fourth-order valence-corrected chi connectivity index (χ4v) is 2.16. The third kappa shape index (κ3) is 5.56. The van der Waals surface area contributed by atoms with Crippen molar-refractivity contribution in [3.63, 3.8) is 0 Å². The van der Waals surface area contributed by atoms with Gasteiger partial charge in [-0.3, -0.25) is 4.79 Å². The lowest BCUT2D eigenvalue weighted by atomic mass is 10.1. The molecule has 0 saturated heterocycles. The molecule has 3 N–H and O–H groups in total. The van der Waals surface area contributed by atoms with Crippen molar-refractivity contribution < 1.29 is 10.0 Å². The van der Waals surface area contributed by atoms with Gasteiger partial charge in [-0.2, -0.15) is 0 Å². The summed E-state index contributed by atoms with van der Waals surface area (Å²) in [5, 5.41) is 18.2. The molecule has 0 aromatic heterocycles. The van der Waals surface area contributed by atoms with E-state index in [2.05, 4.69) is 27.9 Å². The zero-order valence-electron chi connectivity index (χ0n) is 12.9. The molecule has 0 radical (unpaired) electrons. The minimum atomic E-state index is -0.373. The van der Waals surface area contributed by atoms with E-state index >= 15 is 0 Å². The van der Waals surface area contributed by atoms with E-state index in [1.807, 2.05) is 24.3 Å². The molecular weight excluding hydrogens is 290 g/mol. The van der Waals surface area contributed by atoms with E-state index < -0.39 is 0 Å². The Labute approximate surface area is 136 Å². The van der Waals surface area contributed by atoms with Gasteiger partial charge in [-0.15, -0.1) is 0 Å². The van der Waals surface area contributed by atoms with Crippen molar-refractivity contribution in [2.24, 2.45) is 5.16 Å². The van der Waals surface area contributed by atoms with Gasteiger partial charge in [0.1, 0.15) is 0 Å². The van der Waals surface area contributed by atoms with Crippen molar-refractivity contribution in [3.05, 3.63) is 71.8 Å². The first kappa shape index (κ1) is 16.7. The molecule has 120 valence electrons. The number of nitrogens with one attached hydrogen (secondary N) is 2. The SMILES string of the molecule is O=C(NCCCNCc1ccccc1)C(=NO)c1ccccc1. The molecule has 1 amide bonds. The minimum Gasteiger partial charge on any atom is -0.410 e. The summed E-state index contributed by atoms with van der Waals surface area (Å²) in [6, 6.07) is 19.0. The predicted octanol–water partition coefficient (Wildman–Crippen LogP) is 2.16. The highest BCUT2D eigenvalue weighted by atomic mass is 16.4. The van der Waals surface area contributed by atoms with E-state index in [9.17, 15) is 4.79 Å². The van der Waals surface area contributed by atoms with E-state index in [1.54, 1.807) is 24.3 Å². The maximum atomic E-state index is 12.0. The fourth-order valence-electron chi connectivity index (χ4n) is 2.16. The summed E-state index contributed by atoms with van der Waals surface area (Å²) < 4.78 is 0. The number of nitrogens with zero attached hydrogens (tertiary/aromatic N) is 1. The number of amides is 1. The van der Waals surface area contributed by atoms with Crippen molar-refractivity contribution in [2.75, 3.05) is 13.1 Å². The van der Waals surface area contributed by atoms with E-state index in [0.29, 0.717) is 12.1 Å². The molecule has 0 saturated carbocycles. The third-order valence-electron chi connectivity index (χ3n) is 3.35. The predicted molar refractivity (Wildman–Crippen MR) is 90.5 cm³/mol. The van der Waals surface area contributed by atoms with Crippen LogP contribution < -0.4 is 10.6 Å². The molecule has 0 bridgehead atoms. The smallest absolute Gasteiger partial charge is 0.273 e. The first-order valence-electron chi connectivity index (χ1n) is 7.61. The lowest BCUT2D eigenvalue weighted by molar-refractivity contribution is -0.114. The quantitative estimate of drug-likeness (QED) is 0.303. The highest BCUT2D eigenvalue weighted by Crippen LogP contribution is 2.01. The summed E-state index contributed by atoms with van der Waals surface area (Å²) in [4.78, 5) is 12.0. The molecule has 2 aromatic carbocycles. The van der Waals surface area contributed by atoms with Crippen LogP contribution in [0.5, 0.6) is 0 Å². The first-order chi connectivity index (χ1) is 11.3. The second-order valence-electron chi connectivity index (χ2n) is 5.09. The van der Waals surface area contributed by atoms with E-state index in [-0.39, 0.29) is 11.6 Å². The minimum absolute atomic E-state index is 0.0304. The Bertz CT molecular complexity index is 627. The highest BCUT2D eigenvalue weighted by molar-refractivity contribution is 6.45. The molecule has 0 aliphatic rings. The average Bonchev–Trinajstić information content (AvgIpc) is 2.60. The standard InChI is InChI=1S/C18H21N3O2/c22-18(17(21-23)16-10-5-2-6-11-16)20-13-7-12-19-14-15-8-3-1-4-9-15/h1-6,8-11,19,23H,7,12-14H2,(H,20,22). The van der Waals surface area contributed by atoms with Crippen LogP contribution in [0.1, 0.15) is 17.5 Å². The Balaban J connectivity index is 1.66. The Kier molecular flexibility index (Phi) is 6.81. The van der Waals surface area contributed by atoms with Gasteiger partial charge in [0.15, 0.2) is 5.71 Å². The third-order valence-corrected chi connectivity index (χ3v) is 3.35. The summed E-state index contributed by atoms with van der Waals surface area (Å²) in [6.45, 7) is 2.13. The van der Waals surface area contributed by atoms with Gasteiger partial charge in [-0.05, 0) is 18.5 Å². The van der Waals surface area contributed by atoms with Crippen molar-refractivity contribution in [1.29, 1.82) is 0 Å². The molecule has 5 heteroatoms.